The molecule has 0 fully saturated rings. The molecule has 1 aromatic heterocycles. The minimum Gasteiger partial charge on any atom is -0.396 e. The van der Waals surface area contributed by atoms with Gasteiger partial charge in [0.05, 0.1) is 10.7 Å². The number of hydrogen-bond donors (Lipinski definition) is 1. The lowest BCUT2D eigenvalue weighted by atomic mass is 10.3. The molecule has 3 nitrogen and oxygen atoms in total. The van der Waals surface area contributed by atoms with E-state index in [-0.39, 0.29) is 26.6 Å². The van der Waals surface area contributed by atoms with Crippen LogP contribution in [0.4, 0.5) is 5.69 Å². The molecule has 63 valence electrons. The lowest BCUT2D eigenvalue weighted by Gasteiger charge is -2.03. The van der Waals surface area contributed by atoms with Crippen molar-refractivity contribution in [2.75, 3.05) is 5.73 Å². The number of halogens is 3. The molecule has 0 bridgehead atoms. The lowest BCUT2D eigenvalue weighted by Crippen LogP contribution is -1.97. The summed E-state index contributed by atoms with van der Waals surface area (Å²) in [5, 5.41) is -0.0445. The minimum absolute atomic E-state index is 0.0283. The van der Waals surface area contributed by atoms with Crippen LogP contribution in [-0.2, 0) is 4.79 Å². The first-order valence-electron chi connectivity index (χ1n) is 2.76. The second kappa shape index (κ2) is 3.47. The Labute approximate surface area is 83.4 Å². The van der Waals surface area contributed by atoms with Crippen LogP contribution in [0.1, 0.15) is 5.69 Å². The number of hydrogen-bond acceptors (Lipinski definition) is 3. The van der Waals surface area contributed by atoms with Gasteiger partial charge in [0.25, 0.3) is 6.29 Å². The number of nitrogen functional groups attached to an aromatic ring is 1. The maximum Gasteiger partial charge on any atom is 0.255 e. The zero-order chi connectivity index (χ0) is 9.30. The molecule has 1 radical (unpaired) electrons. The zero-order valence-corrected chi connectivity index (χ0v) is 7.83. The molecule has 0 aliphatic heterocycles. The molecule has 1 heterocycles. The van der Waals surface area contributed by atoms with Gasteiger partial charge in [-0.05, 0) is 0 Å². The first-order valence-corrected chi connectivity index (χ1v) is 3.89. The highest BCUT2D eigenvalue weighted by Crippen LogP contribution is 2.33. The molecule has 0 atom stereocenters. The largest absolute Gasteiger partial charge is 0.396 e. The van der Waals surface area contributed by atoms with Gasteiger partial charge < -0.3 is 5.73 Å². The molecule has 0 spiro atoms. The van der Waals surface area contributed by atoms with Gasteiger partial charge in [0.2, 0.25) is 0 Å². The van der Waals surface area contributed by atoms with Crippen molar-refractivity contribution in [1.29, 1.82) is 0 Å². The molecular formula is C6H2Cl3N2O. The SMILES string of the molecule is Nc1c(Cl)c(Cl)nc([C]=O)c1Cl. The summed E-state index contributed by atoms with van der Waals surface area (Å²) in [7, 11) is 0. The van der Waals surface area contributed by atoms with E-state index < -0.39 is 0 Å². The maximum absolute atomic E-state index is 10.2. The Hall–Kier alpha value is -0.510. The average Bonchev–Trinajstić information content (AvgIpc) is 2.08. The third-order valence-corrected chi connectivity index (χ3v) is 2.30. The second-order valence-electron chi connectivity index (χ2n) is 1.89. The minimum atomic E-state index is -0.136. The van der Waals surface area contributed by atoms with Crippen molar-refractivity contribution in [1.82, 2.24) is 4.98 Å². The van der Waals surface area contributed by atoms with Crippen LogP contribution in [0.2, 0.25) is 15.2 Å². The van der Waals surface area contributed by atoms with Crippen molar-refractivity contribution in [3.8, 4) is 0 Å². The number of nitrogens with two attached hydrogens (primary N) is 1. The molecule has 0 saturated heterocycles. The van der Waals surface area contributed by atoms with E-state index in [1.807, 2.05) is 0 Å². The van der Waals surface area contributed by atoms with Gasteiger partial charge in [-0.1, -0.05) is 34.8 Å². The Bertz CT molecular complexity index is 340. The van der Waals surface area contributed by atoms with Crippen LogP contribution in [0.25, 0.3) is 0 Å². The van der Waals surface area contributed by atoms with E-state index in [0.717, 1.165) is 0 Å². The van der Waals surface area contributed by atoms with E-state index in [2.05, 4.69) is 4.98 Å². The predicted molar refractivity (Wildman–Crippen MR) is 48.5 cm³/mol. The van der Waals surface area contributed by atoms with Crippen molar-refractivity contribution in [3.05, 3.63) is 20.9 Å². The monoisotopic (exact) mass is 223 g/mol. The summed E-state index contributed by atoms with van der Waals surface area (Å²) in [5.41, 5.74) is 5.29. The first-order chi connectivity index (χ1) is 5.57. The Kier molecular flexibility index (Phi) is 2.77. The molecule has 12 heavy (non-hydrogen) atoms. The highest BCUT2D eigenvalue weighted by Gasteiger charge is 2.13. The van der Waals surface area contributed by atoms with E-state index in [0.29, 0.717) is 0 Å². The summed E-state index contributed by atoms with van der Waals surface area (Å²) in [6, 6.07) is 0. The second-order valence-corrected chi connectivity index (χ2v) is 3.01. The van der Waals surface area contributed by atoms with E-state index in [1.54, 1.807) is 0 Å². The van der Waals surface area contributed by atoms with E-state index in [1.165, 1.54) is 6.29 Å². The predicted octanol–water partition coefficient (Wildman–Crippen LogP) is 2.08. The Morgan fingerprint density at radius 3 is 2.33 bits per heavy atom. The fourth-order valence-corrected chi connectivity index (χ4v) is 1.15. The van der Waals surface area contributed by atoms with Crippen molar-refractivity contribution in [3.63, 3.8) is 0 Å². The average molecular weight is 224 g/mol. The van der Waals surface area contributed by atoms with Gasteiger partial charge in [-0.15, -0.1) is 0 Å². The van der Waals surface area contributed by atoms with Crippen LogP contribution >= 0.6 is 34.8 Å². The Morgan fingerprint density at radius 2 is 1.83 bits per heavy atom. The highest BCUT2D eigenvalue weighted by atomic mass is 35.5. The number of rotatable bonds is 1. The van der Waals surface area contributed by atoms with Crippen molar-refractivity contribution < 1.29 is 4.79 Å². The number of carbonyl (C=O) groups excluding carboxylic acids is 1. The van der Waals surface area contributed by atoms with Crippen LogP contribution in [0.15, 0.2) is 0 Å². The van der Waals surface area contributed by atoms with Gasteiger partial charge in [-0.2, -0.15) is 0 Å². The summed E-state index contributed by atoms with van der Waals surface area (Å²) in [6.45, 7) is 0. The van der Waals surface area contributed by atoms with Gasteiger partial charge in [0, 0.05) is 0 Å². The summed E-state index contributed by atoms with van der Waals surface area (Å²) >= 11 is 16.7. The first kappa shape index (κ1) is 9.58. The molecule has 0 aromatic carbocycles. The smallest absolute Gasteiger partial charge is 0.255 e. The molecule has 0 unspecified atom stereocenters. The molecule has 0 aliphatic carbocycles. The van der Waals surface area contributed by atoms with E-state index in [9.17, 15) is 4.79 Å². The molecule has 1 aromatic rings. The van der Waals surface area contributed by atoms with Crippen molar-refractivity contribution >= 4 is 46.8 Å². The summed E-state index contributed by atoms with van der Waals surface area (Å²) in [6.07, 6.45) is 1.49. The molecule has 1 rings (SSSR count). The fraction of sp³-hybridized carbons (Fsp3) is 0. The quantitative estimate of drug-likeness (QED) is 0.743. The Balaban J connectivity index is 3.49. The number of aromatic nitrogens is 1. The lowest BCUT2D eigenvalue weighted by molar-refractivity contribution is 0.561. The summed E-state index contributed by atoms with van der Waals surface area (Å²) in [4.78, 5) is 13.8. The van der Waals surface area contributed by atoms with Crippen LogP contribution < -0.4 is 5.73 Å². The van der Waals surface area contributed by atoms with Gasteiger partial charge in [-0.3, -0.25) is 4.79 Å². The third-order valence-electron chi connectivity index (χ3n) is 1.17. The molecule has 0 saturated carbocycles. The molecule has 0 amide bonds. The summed E-state index contributed by atoms with van der Waals surface area (Å²) < 4.78 is 0. The van der Waals surface area contributed by atoms with Gasteiger partial charge >= 0.3 is 0 Å². The van der Waals surface area contributed by atoms with Gasteiger partial charge in [0.1, 0.15) is 10.7 Å². The van der Waals surface area contributed by atoms with Crippen LogP contribution in [0.3, 0.4) is 0 Å². The fourth-order valence-electron chi connectivity index (χ4n) is 0.599. The van der Waals surface area contributed by atoms with Crippen molar-refractivity contribution in [2.24, 2.45) is 0 Å². The molecule has 6 heteroatoms. The number of nitrogens with zero attached hydrogens (tertiary/aromatic N) is 1. The van der Waals surface area contributed by atoms with E-state index in [4.69, 9.17) is 40.5 Å². The zero-order valence-electron chi connectivity index (χ0n) is 5.57. The van der Waals surface area contributed by atoms with Gasteiger partial charge in [-0.25, -0.2) is 4.98 Å². The van der Waals surface area contributed by atoms with Crippen LogP contribution in [0, 0.1) is 0 Å². The molecule has 2 N–H and O–H groups in total. The topological polar surface area (TPSA) is 56.0 Å². The van der Waals surface area contributed by atoms with Crippen LogP contribution in [0.5, 0.6) is 0 Å². The molecular weight excluding hydrogens is 222 g/mol. The standard InChI is InChI=1S/C6H2Cl3N2O/c7-3-2(1-12)11-6(9)4(8)5(3)10/h(H2,10,11). The highest BCUT2D eigenvalue weighted by molar-refractivity contribution is 6.45. The molecule has 0 aliphatic rings. The maximum atomic E-state index is 10.2. The number of pyridine rings is 1. The number of anilines is 1. The third kappa shape index (κ3) is 1.48. The Morgan fingerprint density at radius 1 is 1.25 bits per heavy atom. The normalized spacial score (nSPS) is 9.92. The van der Waals surface area contributed by atoms with Crippen LogP contribution in [-0.4, -0.2) is 11.3 Å². The van der Waals surface area contributed by atoms with E-state index >= 15 is 0 Å². The van der Waals surface area contributed by atoms with Gasteiger partial charge in [0.15, 0.2) is 5.15 Å². The van der Waals surface area contributed by atoms with Crippen molar-refractivity contribution in [2.45, 2.75) is 0 Å². The summed E-state index contributed by atoms with van der Waals surface area (Å²) in [5.74, 6) is 0.